The molecule has 0 aliphatic rings. The van der Waals surface area contributed by atoms with Gasteiger partial charge in [0.2, 0.25) is 0 Å². The van der Waals surface area contributed by atoms with E-state index in [-0.39, 0.29) is 5.78 Å². The molecule has 0 bridgehead atoms. The van der Waals surface area contributed by atoms with Gasteiger partial charge >= 0.3 is 0 Å². The molecule has 20 heavy (non-hydrogen) atoms. The molecule has 0 N–H and O–H groups in total. The molecule has 0 unspecified atom stereocenters. The van der Waals surface area contributed by atoms with Gasteiger partial charge in [-0.3, -0.25) is 9.48 Å². The Balaban J connectivity index is 2.51. The van der Waals surface area contributed by atoms with Crippen LogP contribution >= 0.6 is 15.9 Å². The maximum absolute atomic E-state index is 12.3. The van der Waals surface area contributed by atoms with E-state index in [9.17, 15) is 4.79 Å². The molecule has 0 amide bonds. The molecule has 0 fully saturated rings. The molecule has 1 heterocycles. The zero-order valence-corrected chi connectivity index (χ0v) is 14.4. The number of nitrogens with zero attached hydrogens (tertiary/aromatic N) is 3. The number of Topliss-reactive ketones (excluding diaryl/α,β-unsaturated/α-hetero) is 1. The summed E-state index contributed by atoms with van der Waals surface area (Å²) in [6, 6.07) is 0. The highest BCUT2D eigenvalue weighted by molar-refractivity contribution is 9.10. The molecule has 0 atom stereocenters. The van der Waals surface area contributed by atoms with Crippen molar-refractivity contribution in [3.63, 3.8) is 0 Å². The lowest BCUT2D eigenvalue weighted by Gasteiger charge is -2.11. The Morgan fingerprint density at radius 1 is 1.30 bits per heavy atom. The summed E-state index contributed by atoms with van der Waals surface area (Å²) in [4.78, 5) is 14.4. The number of hydrogen-bond donors (Lipinski definition) is 0. The van der Waals surface area contributed by atoms with E-state index >= 15 is 0 Å². The minimum Gasteiger partial charge on any atom is -0.308 e. The zero-order chi connectivity index (χ0) is 15.0. The van der Waals surface area contributed by atoms with Gasteiger partial charge in [0.1, 0.15) is 5.69 Å². The highest BCUT2D eigenvalue weighted by atomic mass is 79.9. The Morgan fingerprint density at radius 3 is 2.65 bits per heavy atom. The molecular formula is C15H26BrN3O. The summed E-state index contributed by atoms with van der Waals surface area (Å²) in [6.45, 7) is 3.83. The number of ketones is 1. The standard InChI is InChI=1S/C15H26BrN3O/c1-4-5-6-7-8-9-14(20)15-13(16)12-17-19(15)11-10-18(2)3/h12H,4-11H2,1-3H3. The Kier molecular flexibility index (Phi) is 8.07. The molecule has 0 saturated heterocycles. The summed E-state index contributed by atoms with van der Waals surface area (Å²) in [7, 11) is 4.04. The number of halogens is 1. The van der Waals surface area contributed by atoms with Crippen molar-refractivity contribution in [2.24, 2.45) is 0 Å². The summed E-state index contributed by atoms with van der Waals surface area (Å²) in [5.41, 5.74) is 0.724. The fourth-order valence-corrected chi connectivity index (χ4v) is 2.63. The molecular weight excluding hydrogens is 318 g/mol. The highest BCUT2D eigenvalue weighted by Gasteiger charge is 2.16. The van der Waals surface area contributed by atoms with Crippen LogP contribution in [0.15, 0.2) is 10.7 Å². The lowest BCUT2D eigenvalue weighted by molar-refractivity contribution is 0.0967. The second-order valence-electron chi connectivity index (χ2n) is 5.45. The summed E-state index contributed by atoms with van der Waals surface area (Å²) in [5.74, 6) is 0.199. The number of carbonyl (C=O) groups excluding carboxylic acids is 1. The average Bonchev–Trinajstić information content (AvgIpc) is 2.77. The van der Waals surface area contributed by atoms with Gasteiger partial charge in [-0.05, 0) is 36.4 Å². The fourth-order valence-electron chi connectivity index (χ4n) is 2.11. The summed E-state index contributed by atoms with van der Waals surface area (Å²) < 4.78 is 2.63. The number of carbonyl (C=O) groups is 1. The first kappa shape index (κ1) is 17.4. The molecule has 0 saturated carbocycles. The van der Waals surface area contributed by atoms with Gasteiger partial charge in [0.05, 0.1) is 17.2 Å². The van der Waals surface area contributed by atoms with Crippen molar-refractivity contribution in [2.45, 2.75) is 52.0 Å². The van der Waals surface area contributed by atoms with Gasteiger partial charge in [0.25, 0.3) is 0 Å². The van der Waals surface area contributed by atoms with E-state index in [4.69, 9.17) is 0 Å². The molecule has 1 aromatic heterocycles. The maximum Gasteiger partial charge on any atom is 0.182 e. The van der Waals surface area contributed by atoms with E-state index in [1.165, 1.54) is 19.3 Å². The van der Waals surface area contributed by atoms with Gasteiger partial charge in [0.15, 0.2) is 5.78 Å². The van der Waals surface area contributed by atoms with Crippen LogP contribution in [0.4, 0.5) is 0 Å². The van der Waals surface area contributed by atoms with Crippen molar-refractivity contribution in [1.82, 2.24) is 14.7 Å². The minimum atomic E-state index is 0.199. The van der Waals surface area contributed by atoms with Crippen molar-refractivity contribution < 1.29 is 4.79 Å². The highest BCUT2D eigenvalue weighted by Crippen LogP contribution is 2.19. The fraction of sp³-hybridized carbons (Fsp3) is 0.733. The van der Waals surface area contributed by atoms with Gasteiger partial charge in [-0.25, -0.2) is 0 Å². The summed E-state index contributed by atoms with van der Waals surface area (Å²) in [6.07, 6.45) is 8.18. The third-order valence-corrected chi connectivity index (χ3v) is 3.91. The Hall–Kier alpha value is -0.680. The van der Waals surface area contributed by atoms with E-state index < -0.39 is 0 Å². The number of rotatable bonds is 10. The van der Waals surface area contributed by atoms with Crippen LogP contribution in [0.5, 0.6) is 0 Å². The topological polar surface area (TPSA) is 38.1 Å². The molecule has 5 heteroatoms. The number of aromatic nitrogens is 2. The molecule has 0 aliphatic carbocycles. The second kappa shape index (κ2) is 9.29. The van der Waals surface area contributed by atoms with Gasteiger partial charge in [-0.2, -0.15) is 5.10 Å². The van der Waals surface area contributed by atoms with E-state index in [0.717, 1.165) is 36.1 Å². The SMILES string of the molecule is CCCCCCCC(=O)c1c(Br)cnn1CCN(C)C. The third kappa shape index (κ3) is 5.75. The van der Waals surface area contributed by atoms with E-state index in [1.807, 2.05) is 18.8 Å². The van der Waals surface area contributed by atoms with Crippen LogP contribution in [0.1, 0.15) is 55.9 Å². The van der Waals surface area contributed by atoms with E-state index in [2.05, 4.69) is 32.9 Å². The summed E-state index contributed by atoms with van der Waals surface area (Å²) in [5, 5.41) is 4.29. The molecule has 0 radical (unpaired) electrons. The molecule has 1 aromatic rings. The van der Waals surface area contributed by atoms with Crippen LogP contribution in [0.25, 0.3) is 0 Å². The normalized spacial score (nSPS) is 11.2. The van der Waals surface area contributed by atoms with Gasteiger partial charge in [-0.1, -0.05) is 32.6 Å². The largest absolute Gasteiger partial charge is 0.308 e. The third-order valence-electron chi connectivity index (χ3n) is 3.33. The van der Waals surface area contributed by atoms with Crippen LogP contribution in [0, 0.1) is 0 Å². The van der Waals surface area contributed by atoms with Crippen molar-refractivity contribution in [3.05, 3.63) is 16.4 Å². The van der Waals surface area contributed by atoms with Crippen molar-refractivity contribution in [1.29, 1.82) is 0 Å². The number of likely N-dealkylation sites (N-methyl/N-ethyl adjacent to an activating group) is 1. The second-order valence-corrected chi connectivity index (χ2v) is 6.31. The van der Waals surface area contributed by atoms with Gasteiger partial charge in [-0.15, -0.1) is 0 Å². The van der Waals surface area contributed by atoms with E-state index in [0.29, 0.717) is 6.42 Å². The number of unbranched alkanes of at least 4 members (excludes halogenated alkanes) is 4. The van der Waals surface area contributed by atoms with Crippen LogP contribution in [-0.4, -0.2) is 41.1 Å². The monoisotopic (exact) mass is 343 g/mol. The molecule has 114 valence electrons. The minimum absolute atomic E-state index is 0.199. The molecule has 1 rings (SSSR count). The van der Waals surface area contributed by atoms with Crippen molar-refractivity contribution in [3.8, 4) is 0 Å². The van der Waals surface area contributed by atoms with Crippen LogP contribution in [0.3, 0.4) is 0 Å². The number of hydrogen-bond acceptors (Lipinski definition) is 3. The first-order chi connectivity index (χ1) is 9.56. The smallest absolute Gasteiger partial charge is 0.182 e. The lowest BCUT2D eigenvalue weighted by atomic mass is 10.1. The average molecular weight is 344 g/mol. The van der Waals surface area contributed by atoms with Gasteiger partial charge in [0, 0.05) is 13.0 Å². The first-order valence-corrected chi connectivity index (χ1v) is 8.24. The predicted octanol–water partition coefficient (Wildman–Crippen LogP) is 3.75. The Morgan fingerprint density at radius 2 is 2.00 bits per heavy atom. The van der Waals surface area contributed by atoms with Crippen LogP contribution in [-0.2, 0) is 6.54 Å². The van der Waals surface area contributed by atoms with Gasteiger partial charge < -0.3 is 4.90 Å². The van der Waals surface area contributed by atoms with Crippen molar-refractivity contribution >= 4 is 21.7 Å². The molecule has 0 aromatic carbocycles. The predicted molar refractivity (Wildman–Crippen MR) is 86.2 cm³/mol. The van der Waals surface area contributed by atoms with Crippen LogP contribution in [0.2, 0.25) is 0 Å². The first-order valence-electron chi connectivity index (χ1n) is 7.45. The molecule has 0 aliphatic heterocycles. The quantitative estimate of drug-likeness (QED) is 0.479. The molecule has 4 nitrogen and oxygen atoms in total. The Labute approximate surface area is 130 Å². The van der Waals surface area contributed by atoms with Crippen LogP contribution < -0.4 is 0 Å². The lowest BCUT2D eigenvalue weighted by Crippen LogP contribution is -2.21. The zero-order valence-electron chi connectivity index (χ0n) is 12.9. The van der Waals surface area contributed by atoms with Crippen molar-refractivity contribution in [2.75, 3.05) is 20.6 Å². The van der Waals surface area contributed by atoms with E-state index in [1.54, 1.807) is 6.20 Å². The Bertz CT molecular complexity index is 415. The maximum atomic E-state index is 12.3. The molecule has 0 spiro atoms. The summed E-state index contributed by atoms with van der Waals surface area (Å²) >= 11 is 3.44.